The molecule has 0 aromatic rings. The minimum atomic E-state index is 0.312. The summed E-state index contributed by atoms with van der Waals surface area (Å²) in [5, 5.41) is 4.20. The zero-order chi connectivity index (χ0) is 8.81. The van der Waals surface area contributed by atoms with E-state index in [4.69, 9.17) is 0 Å². The first kappa shape index (κ1) is 9.52. The predicted molar refractivity (Wildman–Crippen MR) is 48.0 cm³/mol. The van der Waals surface area contributed by atoms with E-state index >= 15 is 0 Å². The molecule has 0 atom stereocenters. The van der Waals surface area contributed by atoms with E-state index in [9.17, 15) is 4.79 Å². The largest absolute Gasteiger partial charge is 0.340 e. The van der Waals surface area contributed by atoms with Crippen LogP contribution in [-0.2, 0) is 4.79 Å². The minimum absolute atomic E-state index is 0.312. The Hall–Kier alpha value is -0.570. The number of rotatable bonds is 3. The van der Waals surface area contributed by atoms with Gasteiger partial charge in [0.25, 0.3) is 0 Å². The number of hydrogen-bond acceptors (Lipinski definition) is 1. The summed E-state index contributed by atoms with van der Waals surface area (Å²) in [7, 11) is 0. The minimum Gasteiger partial charge on any atom is -0.340 e. The van der Waals surface area contributed by atoms with E-state index in [-0.39, 0.29) is 0 Å². The highest BCUT2D eigenvalue weighted by molar-refractivity contribution is 5.76. The monoisotopic (exact) mass is 169 g/mol. The third kappa shape index (κ3) is 2.81. The fraction of sp³-hybridized carbons (Fsp3) is 0.889. The lowest BCUT2D eigenvalue weighted by Gasteiger charge is -2.26. The summed E-state index contributed by atoms with van der Waals surface area (Å²) < 4.78 is 0. The Bertz CT molecular complexity index is 141. The summed E-state index contributed by atoms with van der Waals surface area (Å²) in [5.74, 6) is 0.312. The summed E-state index contributed by atoms with van der Waals surface area (Å²) >= 11 is 0. The Morgan fingerprint density at radius 2 is 2.08 bits per heavy atom. The topological polar surface area (TPSA) is 34.4 Å². The zero-order valence-corrected chi connectivity index (χ0v) is 7.75. The van der Waals surface area contributed by atoms with Crippen LogP contribution in [0.5, 0.6) is 0 Å². The second-order valence-electron chi connectivity index (χ2n) is 3.16. The van der Waals surface area contributed by atoms with Crippen molar-refractivity contribution in [3.8, 4) is 0 Å². The van der Waals surface area contributed by atoms with Gasteiger partial charge in [-0.1, -0.05) is 13.3 Å². The number of amides is 1. The van der Waals surface area contributed by atoms with Gasteiger partial charge in [0.2, 0.25) is 5.91 Å². The molecular weight excluding hydrogens is 152 g/mol. The maximum Gasteiger partial charge on any atom is 0.222 e. The average molecular weight is 169 g/mol. The molecule has 1 aliphatic heterocycles. The van der Waals surface area contributed by atoms with Crippen molar-refractivity contribution in [3.63, 3.8) is 0 Å². The summed E-state index contributed by atoms with van der Waals surface area (Å²) in [6.07, 6.45) is 2.84. The van der Waals surface area contributed by atoms with E-state index in [1.54, 1.807) is 0 Å². The van der Waals surface area contributed by atoms with Crippen molar-refractivity contribution in [3.05, 3.63) is 0 Å². The molecule has 1 radical (unpaired) electrons. The highest BCUT2D eigenvalue weighted by atomic mass is 16.2. The van der Waals surface area contributed by atoms with Gasteiger partial charge in [-0.3, -0.25) is 4.79 Å². The fourth-order valence-electron chi connectivity index (χ4n) is 1.34. The molecule has 0 unspecified atom stereocenters. The number of carbonyl (C=O) groups excluding carboxylic acids is 1. The second kappa shape index (κ2) is 5.14. The Morgan fingerprint density at radius 3 is 2.67 bits per heavy atom. The van der Waals surface area contributed by atoms with Gasteiger partial charge in [0.05, 0.1) is 0 Å². The van der Waals surface area contributed by atoms with Crippen molar-refractivity contribution in [1.82, 2.24) is 10.2 Å². The predicted octanol–water partition coefficient (Wildman–Crippen LogP) is 0.623. The zero-order valence-electron chi connectivity index (χ0n) is 7.75. The quantitative estimate of drug-likeness (QED) is 0.610. The molecule has 1 saturated heterocycles. The molecule has 0 N–H and O–H groups in total. The van der Waals surface area contributed by atoms with Crippen LogP contribution in [0.25, 0.3) is 0 Å². The second-order valence-corrected chi connectivity index (χ2v) is 3.16. The van der Waals surface area contributed by atoms with Crippen LogP contribution in [-0.4, -0.2) is 37.0 Å². The number of unbranched alkanes of at least 4 members (excludes halogenated alkanes) is 1. The van der Waals surface area contributed by atoms with E-state index in [0.29, 0.717) is 5.91 Å². The lowest BCUT2D eigenvalue weighted by molar-refractivity contribution is -0.131. The third-order valence-electron chi connectivity index (χ3n) is 2.15. The lowest BCUT2D eigenvalue weighted by Crippen LogP contribution is -2.43. The maximum absolute atomic E-state index is 11.4. The van der Waals surface area contributed by atoms with Crippen LogP contribution in [0.4, 0.5) is 0 Å². The molecule has 3 heteroatoms. The third-order valence-corrected chi connectivity index (χ3v) is 2.15. The Labute approximate surface area is 74.1 Å². The summed E-state index contributed by atoms with van der Waals surface area (Å²) in [4.78, 5) is 13.4. The highest BCUT2D eigenvalue weighted by Crippen LogP contribution is 2.01. The molecule has 0 bridgehead atoms. The molecule has 1 fully saturated rings. The van der Waals surface area contributed by atoms with E-state index in [1.807, 2.05) is 4.90 Å². The SMILES string of the molecule is CCCCC(=O)N1CC[N]CC1. The van der Waals surface area contributed by atoms with Gasteiger partial charge in [0, 0.05) is 32.6 Å². The summed E-state index contributed by atoms with van der Waals surface area (Å²) in [6, 6.07) is 0. The first-order valence-electron chi connectivity index (χ1n) is 4.75. The molecule has 12 heavy (non-hydrogen) atoms. The van der Waals surface area contributed by atoms with Gasteiger partial charge in [-0.25, -0.2) is 5.32 Å². The van der Waals surface area contributed by atoms with Gasteiger partial charge in [-0.15, -0.1) is 0 Å². The smallest absolute Gasteiger partial charge is 0.222 e. The maximum atomic E-state index is 11.4. The van der Waals surface area contributed by atoms with Crippen LogP contribution in [0.3, 0.4) is 0 Å². The van der Waals surface area contributed by atoms with E-state index in [2.05, 4.69) is 12.2 Å². The molecule has 1 aliphatic rings. The van der Waals surface area contributed by atoms with Gasteiger partial charge in [-0.2, -0.15) is 0 Å². The molecule has 1 rings (SSSR count). The molecule has 0 spiro atoms. The lowest BCUT2D eigenvalue weighted by atomic mass is 10.2. The molecular formula is C9H17N2O. The summed E-state index contributed by atoms with van der Waals surface area (Å²) in [5.41, 5.74) is 0. The van der Waals surface area contributed by atoms with Gasteiger partial charge in [0.15, 0.2) is 0 Å². The average Bonchev–Trinajstić information content (AvgIpc) is 2.15. The van der Waals surface area contributed by atoms with Crippen molar-refractivity contribution < 1.29 is 4.79 Å². The van der Waals surface area contributed by atoms with Crippen LogP contribution in [0.1, 0.15) is 26.2 Å². The highest BCUT2D eigenvalue weighted by Gasteiger charge is 2.15. The Morgan fingerprint density at radius 1 is 1.42 bits per heavy atom. The van der Waals surface area contributed by atoms with E-state index in [0.717, 1.165) is 45.4 Å². The van der Waals surface area contributed by atoms with Crippen molar-refractivity contribution in [2.75, 3.05) is 26.2 Å². The van der Waals surface area contributed by atoms with E-state index < -0.39 is 0 Å². The molecule has 1 heterocycles. The Balaban J connectivity index is 2.20. The number of piperazine rings is 1. The molecule has 0 saturated carbocycles. The Kier molecular flexibility index (Phi) is 4.08. The number of nitrogens with zero attached hydrogens (tertiary/aromatic N) is 2. The fourth-order valence-corrected chi connectivity index (χ4v) is 1.34. The molecule has 69 valence electrons. The molecule has 0 aromatic heterocycles. The molecule has 0 aliphatic carbocycles. The normalized spacial score (nSPS) is 17.9. The van der Waals surface area contributed by atoms with Crippen LogP contribution in [0, 0.1) is 0 Å². The van der Waals surface area contributed by atoms with Crippen LogP contribution < -0.4 is 5.32 Å². The molecule has 0 aromatic carbocycles. The van der Waals surface area contributed by atoms with Gasteiger partial charge in [0.1, 0.15) is 0 Å². The standard InChI is InChI=1S/C9H17N2O/c1-2-3-4-9(12)11-7-5-10-6-8-11/h2-8H2,1H3. The van der Waals surface area contributed by atoms with Crippen LogP contribution >= 0.6 is 0 Å². The number of carbonyl (C=O) groups is 1. The van der Waals surface area contributed by atoms with Crippen molar-refractivity contribution in [2.24, 2.45) is 0 Å². The van der Waals surface area contributed by atoms with Crippen molar-refractivity contribution in [1.29, 1.82) is 0 Å². The molecule has 3 nitrogen and oxygen atoms in total. The first-order chi connectivity index (χ1) is 5.84. The first-order valence-corrected chi connectivity index (χ1v) is 4.75. The number of hydrogen-bond donors (Lipinski definition) is 0. The molecule has 1 amide bonds. The van der Waals surface area contributed by atoms with Gasteiger partial charge < -0.3 is 4.90 Å². The van der Waals surface area contributed by atoms with Crippen molar-refractivity contribution in [2.45, 2.75) is 26.2 Å². The summed E-state index contributed by atoms with van der Waals surface area (Å²) in [6.45, 7) is 5.44. The van der Waals surface area contributed by atoms with Gasteiger partial charge >= 0.3 is 0 Å². The van der Waals surface area contributed by atoms with Crippen LogP contribution in [0.2, 0.25) is 0 Å². The van der Waals surface area contributed by atoms with Gasteiger partial charge in [-0.05, 0) is 6.42 Å². The van der Waals surface area contributed by atoms with Crippen molar-refractivity contribution >= 4 is 5.91 Å². The van der Waals surface area contributed by atoms with E-state index in [1.165, 1.54) is 0 Å². The van der Waals surface area contributed by atoms with Crippen LogP contribution in [0.15, 0.2) is 0 Å².